The van der Waals surface area contributed by atoms with Gasteiger partial charge < -0.3 is 15.4 Å². The Morgan fingerprint density at radius 2 is 2.25 bits per heavy atom. The van der Waals surface area contributed by atoms with E-state index in [1.54, 1.807) is 6.92 Å². The van der Waals surface area contributed by atoms with E-state index in [0.29, 0.717) is 12.5 Å². The van der Waals surface area contributed by atoms with E-state index in [1.807, 2.05) is 4.90 Å². The number of hydrogen-bond acceptors (Lipinski definition) is 3. The summed E-state index contributed by atoms with van der Waals surface area (Å²) in [7, 11) is 0. The Bertz CT molecular complexity index is 542. The fourth-order valence-corrected chi connectivity index (χ4v) is 3.37. The van der Waals surface area contributed by atoms with Crippen LogP contribution in [-0.4, -0.2) is 25.1 Å². The van der Waals surface area contributed by atoms with Crippen molar-refractivity contribution in [2.24, 2.45) is 11.7 Å². The molecule has 2 heterocycles. The molecule has 4 nitrogen and oxygen atoms in total. The maximum Gasteiger partial charge on any atom is 0.223 e. The summed E-state index contributed by atoms with van der Waals surface area (Å²) in [5.41, 5.74) is 9.39. The molecule has 0 fully saturated rings. The molecule has 0 bridgehead atoms. The first kappa shape index (κ1) is 13.4. The number of nitrogens with two attached hydrogens (primary N) is 1. The summed E-state index contributed by atoms with van der Waals surface area (Å²) < 4.78 is 5.83. The Balaban J connectivity index is 2.11. The van der Waals surface area contributed by atoms with Crippen LogP contribution in [-0.2, 0) is 17.6 Å². The van der Waals surface area contributed by atoms with Gasteiger partial charge in [0.15, 0.2) is 0 Å². The fraction of sp³-hybridized carbons (Fsp3) is 0.562. The van der Waals surface area contributed by atoms with Gasteiger partial charge in [-0.05, 0) is 43.9 Å². The molecule has 1 aromatic rings. The molecule has 20 heavy (non-hydrogen) atoms. The zero-order valence-corrected chi connectivity index (χ0v) is 12.2. The second-order valence-corrected chi connectivity index (χ2v) is 5.95. The third-order valence-corrected chi connectivity index (χ3v) is 4.40. The minimum Gasteiger partial charge on any atom is -0.490 e. The highest BCUT2D eigenvalue weighted by Crippen LogP contribution is 2.41. The first-order chi connectivity index (χ1) is 9.60. The van der Waals surface area contributed by atoms with Gasteiger partial charge in [0, 0.05) is 25.5 Å². The zero-order valence-electron chi connectivity index (χ0n) is 12.2. The van der Waals surface area contributed by atoms with Crippen LogP contribution in [0.3, 0.4) is 0 Å². The standard InChI is InChI=1S/C16H22N2O2/c1-10-7-14-15(20-10)4-3-13-8-12(9-17)5-6-18(11(2)19)16(13)14/h3-4,10,12H,5-9,17H2,1-2H3. The lowest BCUT2D eigenvalue weighted by molar-refractivity contribution is -0.116. The normalized spacial score (nSPS) is 24.6. The van der Waals surface area contributed by atoms with Gasteiger partial charge in [-0.25, -0.2) is 0 Å². The van der Waals surface area contributed by atoms with Crippen LogP contribution in [0.15, 0.2) is 12.1 Å². The molecule has 4 heteroatoms. The average molecular weight is 274 g/mol. The van der Waals surface area contributed by atoms with E-state index in [0.717, 1.165) is 37.2 Å². The largest absolute Gasteiger partial charge is 0.490 e. The second kappa shape index (κ2) is 5.09. The molecule has 2 unspecified atom stereocenters. The van der Waals surface area contributed by atoms with E-state index < -0.39 is 0 Å². The molecular weight excluding hydrogens is 252 g/mol. The van der Waals surface area contributed by atoms with Crippen molar-refractivity contribution in [3.63, 3.8) is 0 Å². The smallest absolute Gasteiger partial charge is 0.223 e. The fourth-order valence-electron chi connectivity index (χ4n) is 3.37. The summed E-state index contributed by atoms with van der Waals surface area (Å²) in [4.78, 5) is 14.0. The van der Waals surface area contributed by atoms with Gasteiger partial charge in [-0.3, -0.25) is 4.79 Å². The Morgan fingerprint density at radius 3 is 2.95 bits per heavy atom. The van der Waals surface area contributed by atoms with Crippen molar-refractivity contribution in [2.45, 2.75) is 39.2 Å². The number of benzene rings is 1. The Hall–Kier alpha value is -1.55. The molecule has 108 valence electrons. The van der Waals surface area contributed by atoms with Gasteiger partial charge in [-0.1, -0.05) is 6.07 Å². The number of amides is 1. The van der Waals surface area contributed by atoms with Gasteiger partial charge in [0.1, 0.15) is 11.9 Å². The predicted octanol–water partition coefficient (Wildman–Crippen LogP) is 1.88. The first-order valence-corrected chi connectivity index (χ1v) is 7.39. The van der Waals surface area contributed by atoms with Crippen molar-refractivity contribution in [1.82, 2.24) is 0 Å². The lowest BCUT2D eigenvalue weighted by Gasteiger charge is -2.23. The highest BCUT2D eigenvalue weighted by atomic mass is 16.5. The molecule has 0 spiro atoms. The zero-order chi connectivity index (χ0) is 14.3. The average Bonchev–Trinajstić information content (AvgIpc) is 2.68. The van der Waals surface area contributed by atoms with Crippen LogP contribution in [0.4, 0.5) is 5.69 Å². The molecule has 0 aromatic heterocycles. The number of ether oxygens (including phenoxy) is 1. The quantitative estimate of drug-likeness (QED) is 0.850. The monoisotopic (exact) mass is 274 g/mol. The molecule has 0 radical (unpaired) electrons. The van der Waals surface area contributed by atoms with E-state index in [4.69, 9.17) is 10.5 Å². The minimum atomic E-state index is 0.108. The van der Waals surface area contributed by atoms with Gasteiger partial charge >= 0.3 is 0 Å². The summed E-state index contributed by atoms with van der Waals surface area (Å²) in [6, 6.07) is 4.16. The van der Waals surface area contributed by atoms with Crippen molar-refractivity contribution in [3.8, 4) is 5.75 Å². The van der Waals surface area contributed by atoms with Crippen LogP contribution < -0.4 is 15.4 Å². The van der Waals surface area contributed by atoms with E-state index in [2.05, 4.69) is 19.1 Å². The van der Waals surface area contributed by atoms with Crippen molar-refractivity contribution >= 4 is 11.6 Å². The number of carbonyl (C=O) groups is 1. The van der Waals surface area contributed by atoms with Gasteiger partial charge in [-0.15, -0.1) is 0 Å². The number of fused-ring (bicyclic) bond motifs is 3. The lowest BCUT2D eigenvalue weighted by Crippen LogP contribution is -2.31. The van der Waals surface area contributed by atoms with E-state index >= 15 is 0 Å². The van der Waals surface area contributed by atoms with Gasteiger partial charge in [0.05, 0.1) is 5.69 Å². The van der Waals surface area contributed by atoms with Crippen LogP contribution in [0.25, 0.3) is 0 Å². The molecular formula is C16H22N2O2. The predicted molar refractivity (Wildman–Crippen MR) is 79.1 cm³/mol. The summed E-state index contributed by atoms with van der Waals surface area (Å²) in [5.74, 6) is 1.50. The molecule has 1 amide bonds. The number of carbonyl (C=O) groups excluding carboxylic acids is 1. The molecule has 0 saturated carbocycles. The van der Waals surface area contributed by atoms with Crippen LogP contribution in [0.1, 0.15) is 31.4 Å². The topological polar surface area (TPSA) is 55.6 Å². The van der Waals surface area contributed by atoms with E-state index in [-0.39, 0.29) is 12.0 Å². The van der Waals surface area contributed by atoms with Gasteiger partial charge in [-0.2, -0.15) is 0 Å². The Morgan fingerprint density at radius 1 is 1.45 bits per heavy atom. The SMILES string of the molecule is CC(=O)N1CCC(CN)Cc2ccc3c(c21)CC(C)O3. The molecule has 0 aliphatic carbocycles. The van der Waals surface area contributed by atoms with Crippen molar-refractivity contribution in [2.75, 3.05) is 18.0 Å². The Kier molecular flexibility index (Phi) is 3.42. The van der Waals surface area contributed by atoms with Crippen LogP contribution in [0, 0.1) is 5.92 Å². The molecule has 1 aromatic carbocycles. The Labute approximate surface area is 119 Å². The molecule has 3 rings (SSSR count). The lowest BCUT2D eigenvalue weighted by atomic mass is 9.95. The van der Waals surface area contributed by atoms with Crippen LogP contribution in [0.5, 0.6) is 5.75 Å². The first-order valence-electron chi connectivity index (χ1n) is 7.39. The van der Waals surface area contributed by atoms with Crippen molar-refractivity contribution in [1.29, 1.82) is 0 Å². The minimum absolute atomic E-state index is 0.108. The van der Waals surface area contributed by atoms with Crippen LogP contribution >= 0.6 is 0 Å². The number of anilines is 1. The highest BCUT2D eigenvalue weighted by Gasteiger charge is 2.31. The summed E-state index contributed by atoms with van der Waals surface area (Å²) >= 11 is 0. The highest BCUT2D eigenvalue weighted by molar-refractivity contribution is 5.94. The number of rotatable bonds is 1. The van der Waals surface area contributed by atoms with Gasteiger partial charge in [0.25, 0.3) is 0 Å². The summed E-state index contributed by atoms with van der Waals surface area (Å²) in [6.45, 7) is 5.15. The van der Waals surface area contributed by atoms with E-state index in [9.17, 15) is 4.79 Å². The third-order valence-electron chi connectivity index (χ3n) is 4.40. The summed E-state index contributed by atoms with van der Waals surface area (Å²) in [6.07, 6.45) is 3.00. The van der Waals surface area contributed by atoms with E-state index in [1.165, 1.54) is 11.1 Å². The third kappa shape index (κ3) is 2.18. The molecule has 2 aliphatic heterocycles. The summed E-state index contributed by atoms with van der Waals surface area (Å²) in [5, 5.41) is 0. The second-order valence-electron chi connectivity index (χ2n) is 5.95. The molecule has 2 N–H and O–H groups in total. The van der Waals surface area contributed by atoms with Crippen molar-refractivity contribution < 1.29 is 9.53 Å². The molecule has 2 aliphatic rings. The number of hydrogen-bond donors (Lipinski definition) is 1. The van der Waals surface area contributed by atoms with Crippen LogP contribution in [0.2, 0.25) is 0 Å². The maximum atomic E-state index is 12.0. The van der Waals surface area contributed by atoms with Gasteiger partial charge in [0.2, 0.25) is 5.91 Å². The molecule has 2 atom stereocenters. The number of nitrogens with zero attached hydrogens (tertiary/aromatic N) is 1. The van der Waals surface area contributed by atoms with Crippen molar-refractivity contribution in [3.05, 3.63) is 23.3 Å². The maximum absolute atomic E-state index is 12.0. The molecule has 0 saturated heterocycles.